The van der Waals surface area contributed by atoms with Gasteiger partial charge >= 0.3 is 0 Å². The monoisotopic (exact) mass is 309 g/mol. The zero-order chi connectivity index (χ0) is 13.0. The van der Waals surface area contributed by atoms with Crippen LogP contribution in [0.1, 0.15) is 5.56 Å². The van der Waals surface area contributed by atoms with Crippen molar-refractivity contribution in [2.75, 3.05) is 12.4 Å². The van der Waals surface area contributed by atoms with Crippen LogP contribution in [0.4, 0.5) is 10.1 Å². The lowest BCUT2D eigenvalue weighted by molar-refractivity contribution is 0.415. The second-order valence-electron chi connectivity index (χ2n) is 3.82. The van der Waals surface area contributed by atoms with Gasteiger partial charge < -0.3 is 10.1 Å². The maximum Gasteiger partial charge on any atom is 0.124 e. The summed E-state index contributed by atoms with van der Waals surface area (Å²) in [6.07, 6.45) is 0. The second kappa shape index (κ2) is 5.87. The minimum Gasteiger partial charge on any atom is -0.497 e. The Morgan fingerprint density at radius 1 is 1.17 bits per heavy atom. The van der Waals surface area contributed by atoms with E-state index in [1.807, 2.05) is 24.3 Å². The molecule has 0 amide bonds. The summed E-state index contributed by atoms with van der Waals surface area (Å²) in [7, 11) is 1.64. The first-order valence-electron chi connectivity index (χ1n) is 5.51. The quantitative estimate of drug-likeness (QED) is 0.913. The number of benzene rings is 2. The van der Waals surface area contributed by atoms with Crippen molar-refractivity contribution >= 4 is 21.6 Å². The summed E-state index contributed by atoms with van der Waals surface area (Å²) in [6, 6.07) is 12.3. The van der Waals surface area contributed by atoms with Gasteiger partial charge in [0, 0.05) is 16.7 Å². The Balaban J connectivity index is 2.02. The molecule has 0 aliphatic heterocycles. The van der Waals surface area contributed by atoms with E-state index in [1.165, 1.54) is 12.1 Å². The fourth-order valence-corrected chi connectivity index (χ4v) is 2.06. The van der Waals surface area contributed by atoms with Crippen molar-refractivity contribution in [1.82, 2.24) is 0 Å². The van der Waals surface area contributed by atoms with Crippen molar-refractivity contribution in [3.8, 4) is 5.75 Å². The SMILES string of the molecule is COc1ccc(NCc2ccc(F)cc2Br)cc1. The number of hydrogen-bond acceptors (Lipinski definition) is 2. The van der Waals surface area contributed by atoms with Gasteiger partial charge in [0.2, 0.25) is 0 Å². The number of hydrogen-bond donors (Lipinski definition) is 1. The predicted octanol–water partition coefficient (Wildman–Crippen LogP) is 4.21. The van der Waals surface area contributed by atoms with E-state index < -0.39 is 0 Å². The maximum atomic E-state index is 12.9. The molecule has 2 aromatic carbocycles. The second-order valence-corrected chi connectivity index (χ2v) is 4.67. The van der Waals surface area contributed by atoms with Crippen LogP contribution in [0.5, 0.6) is 5.75 Å². The minimum absolute atomic E-state index is 0.241. The van der Waals surface area contributed by atoms with E-state index in [1.54, 1.807) is 13.2 Å². The van der Waals surface area contributed by atoms with E-state index >= 15 is 0 Å². The van der Waals surface area contributed by atoms with Gasteiger partial charge in [-0.25, -0.2) is 4.39 Å². The normalized spacial score (nSPS) is 10.2. The highest BCUT2D eigenvalue weighted by Gasteiger charge is 2.01. The van der Waals surface area contributed by atoms with Crippen molar-refractivity contribution in [1.29, 1.82) is 0 Å². The number of anilines is 1. The van der Waals surface area contributed by atoms with Gasteiger partial charge in [0.15, 0.2) is 0 Å². The summed E-state index contributed by atoms with van der Waals surface area (Å²) in [5, 5.41) is 3.26. The third-order valence-electron chi connectivity index (χ3n) is 2.59. The zero-order valence-corrected chi connectivity index (χ0v) is 11.5. The number of halogens is 2. The van der Waals surface area contributed by atoms with Gasteiger partial charge in [0.05, 0.1) is 7.11 Å². The standard InChI is InChI=1S/C14H13BrFNO/c1-18-13-6-4-12(5-7-13)17-9-10-2-3-11(16)8-14(10)15/h2-8,17H,9H2,1H3. The summed E-state index contributed by atoms with van der Waals surface area (Å²) in [4.78, 5) is 0. The number of nitrogens with one attached hydrogen (secondary N) is 1. The largest absolute Gasteiger partial charge is 0.497 e. The van der Waals surface area contributed by atoms with Crippen LogP contribution in [0.3, 0.4) is 0 Å². The van der Waals surface area contributed by atoms with Crippen LogP contribution in [-0.2, 0) is 6.54 Å². The van der Waals surface area contributed by atoms with E-state index in [9.17, 15) is 4.39 Å². The molecule has 0 radical (unpaired) electrons. The Kier molecular flexibility index (Phi) is 4.20. The van der Waals surface area contributed by atoms with Gasteiger partial charge in [0.1, 0.15) is 11.6 Å². The molecule has 0 fully saturated rings. The summed E-state index contributed by atoms with van der Waals surface area (Å²) in [5.41, 5.74) is 2.00. The van der Waals surface area contributed by atoms with Gasteiger partial charge in [-0.1, -0.05) is 22.0 Å². The molecule has 0 spiro atoms. The Labute approximate surface area is 114 Å². The molecule has 2 aromatic rings. The van der Waals surface area contributed by atoms with Gasteiger partial charge in [-0.05, 0) is 42.0 Å². The molecular weight excluding hydrogens is 297 g/mol. The summed E-state index contributed by atoms with van der Waals surface area (Å²) in [6.45, 7) is 0.632. The zero-order valence-electron chi connectivity index (χ0n) is 9.91. The van der Waals surface area contributed by atoms with Crippen LogP contribution in [0.15, 0.2) is 46.9 Å². The smallest absolute Gasteiger partial charge is 0.124 e. The average Bonchev–Trinajstić information content (AvgIpc) is 2.38. The lowest BCUT2D eigenvalue weighted by atomic mass is 10.2. The molecule has 2 rings (SSSR count). The molecule has 0 atom stereocenters. The molecule has 1 N–H and O–H groups in total. The fraction of sp³-hybridized carbons (Fsp3) is 0.143. The van der Waals surface area contributed by atoms with E-state index in [2.05, 4.69) is 21.2 Å². The van der Waals surface area contributed by atoms with Gasteiger partial charge in [-0.15, -0.1) is 0 Å². The Bertz CT molecular complexity index is 528. The average molecular weight is 310 g/mol. The highest BCUT2D eigenvalue weighted by Crippen LogP contribution is 2.20. The molecule has 94 valence electrons. The minimum atomic E-state index is -0.241. The molecule has 0 unspecified atom stereocenters. The lowest BCUT2D eigenvalue weighted by Crippen LogP contribution is -2.00. The molecule has 18 heavy (non-hydrogen) atoms. The molecule has 0 aliphatic rings. The Hall–Kier alpha value is -1.55. The first kappa shape index (κ1) is 12.9. The molecule has 0 aromatic heterocycles. The van der Waals surface area contributed by atoms with Crippen molar-refractivity contribution in [3.05, 3.63) is 58.3 Å². The third kappa shape index (κ3) is 3.23. The van der Waals surface area contributed by atoms with Crippen molar-refractivity contribution in [2.45, 2.75) is 6.54 Å². The van der Waals surface area contributed by atoms with Gasteiger partial charge in [-0.3, -0.25) is 0 Å². The topological polar surface area (TPSA) is 21.3 Å². The van der Waals surface area contributed by atoms with Crippen LogP contribution in [0, 0.1) is 5.82 Å². The molecular formula is C14H13BrFNO. The number of ether oxygens (including phenoxy) is 1. The molecule has 0 bridgehead atoms. The molecule has 0 aliphatic carbocycles. The van der Waals surface area contributed by atoms with Crippen LogP contribution in [0.2, 0.25) is 0 Å². The molecule has 0 heterocycles. The molecule has 2 nitrogen and oxygen atoms in total. The van der Waals surface area contributed by atoms with E-state index in [-0.39, 0.29) is 5.82 Å². The van der Waals surface area contributed by atoms with Crippen LogP contribution < -0.4 is 10.1 Å². The fourth-order valence-electron chi connectivity index (χ4n) is 1.57. The first-order valence-corrected chi connectivity index (χ1v) is 6.30. The lowest BCUT2D eigenvalue weighted by Gasteiger charge is -2.09. The van der Waals surface area contributed by atoms with Gasteiger partial charge in [-0.2, -0.15) is 0 Å². The summed E-state index contributed by atoms with van der Waals surface area (Å²) in [5.74, 6) is 0.582. The van der Waals surface area contributed by atoms with Crippen LogP contribution in [0.25, 0.3) is 0 Å². The molecule has 0 saturated heterocycles. The number of rotatable bonds is 4. The van der Waals surface area contributed by atoms with Gasteiger partial charge in [0.25, 0.3) is 0 Å². The Morgan fingerprint density at radius 2 is 1.89 bits per heavy atom. The summed E-state index contributed by atoms with van der Waals surface area (Å²) < 4.78 is 18.8. The molecule has 0 saturated carbocycles. The van der Waals surface area contributed by atoms with Crippen molar-refractivity contribution in [3.63, 3.8) is 0 Å². The van der Waals surface area contributed by atoms with Crippen molar-refractivity contribution < 1.29 is 9.13 Å². The predicted molar refractivity (Wildman–Crippen MR) is 74.4 cm³/mol. The first-order chi connectivity index (χ1) is 8.69. The number of methoxy groups -OCH3 is 1. The highest BCUT2D eigenvalue weighted by atomic mass is 79.9. The third-order valence-corrected chi connectivity index (χ3v) is 3.33. The van der Waals surface area contributed by atoms with Crippen LogP contribution in [-0.4, -0.2) is 7.11 Å². The molecule has 4 heteroatoms. The summed E-state index contributed by atoms with van der Waals surface area (Å²) >= 11 is 3.34. The maximum absolute atomic E-state index is 12.9. The Morgan fingerprint density at radius 3 is 2.50 bits per heavy atom. The van der Waals surface area contributed by atoms with E-state index in [4.69, 9.17) is 4.74 Å². The van der Waals surface area contributed by atoms with E-state index in [0.717, 1.165) is 21.5 Å². The van der Waals surface area contributed by atoms with Crippen molar-refractivity contribution in [2.24, 2.45) is 0 Å². The van der Waals surface area contributed by atoms with E-state index in [0.29, 0.717) is 6.54 Å². The highest BCUT2D eigenvalue weighted by molar-refractivity contribution is 9.10. The van der Waals surface area contributed by atoms with Crippen LogP contribution >= 0.6 is 15.9 Å².